The van der Waals surface area contributed by atoms with Gasteiger partial charge in [-0.05, 0) is 55.2 Å². The lowest BCUT2D eigenvalue weighted by Gasteiger charge is -2.13. The summed E-state index contributed by atoms with van der Waals surface area (Å²) in [6, 6.07) is 9.80. The molecule has 1 aromatic rings. The lowest BCUT2D eigenvalue weighted by Crippen LogP contribution is -2.04. The predicted molar refractivity (Wildman–Crippen MR) is 103 cm³/mol. The lowest BCUT2D eigenvalue weighted by atomic mass is 10.1. The van der Waals surface area contributed by atoms with Gasteiger partial charge in [-0.15, -0.1) is 0 Å². The zero-order valence-electron chi connectivity index (χ0n) is 15.4. The number of hydrogen-bond donors (Lipinski definition) is 0. The van der Waals surface area contributed by atoms with Crippen LogP contribution in [-0.2, 0) is 20.9 Å². The van der Waals surface area contributed by atoms with Crippen LogP contribution in [0.4, 0.5) is 0 Å². The molecule has 0 saturated heterocycles. The average molecular weight is 352 g/mol. The summed E-state index contributed by atoms with van der Waals surface area (Å²) in [6.45, 7) is 1.04. The Hall–Kier alpha value is -2.29. The monoisotopic (exact) mass is 352 g/mol. The van der Waals surface area contributed by atoms with Gasteiger partial charge in [0.1, 0.15) is 13.2 Å². The molecule has 0 heterocycles. The van der Waals surface area contributed by atoms with Gasteiger partial charge in [-0.2, -0.15) is 0 Å². The summed E-state index contributed by atoms with van der Waals surface area (Å²) < 4.78 is 11.4. The van der Waals surface area contributed by atoms with Gasteiger partial charge in [-0.3, -0.25) is 4.79 Å². The van der Waals surface area contributed by atoms with E-state index in [0.717, 1.165) is 43.4 Å². The number of hydrogen-bond acceptors (Lipinski definition) is 3. The van der Waals surface area contributed by atoms with Gasteiger partial charge in [0, 0.05) is 12.8 Å². The van der Waals surface area contributed by atoms with Crippen LogP contribution < -0.4 is 0 Å². The molecule has 0 aliphatic heterocycles. The number of unbranched alkanes of at least 4 members (excludes halogenated alkanes) is 1. The smallest absolute Gasteiger partial charge is 0.306 e. The fourth-order valence-corrected chi connectivity index (χ4v) is 3.00. The molecule has 3 rings (SSSR count). The zero-order valence-corrected chi connectivity index (χ0v) is 15.4. The van der Waals surface area contributed by atoms with Crippen molar-refractivity contribution in [2.75, 3.05) is 6.61 Å². The van der Waals surface area contributed by atoms with Gasteiger partial charge < -0.3 is 9.47 Å². The Labute approximate surface area is 156 Å². The minimum Gasteiger partial charge on any atom is -0.493 e. The Morgan fingerprint density at radius 1 is 0.923 bits per heavy atom. The molecule has 0 bridgehead atoms. The second-order valence-corrected chi connectivity index (χ2v) is 6.93. The Morgan fingerprint density at radius 3 is 2.46 bits per heavy atom. The molecular formula is C23H28O3. The van der Waals surface area contributed by atoms with Crippen molar-refractivity contribution in [2.45, 2.75) is 58.0 Å². The first-order valence-corrected chi connectivity index (χ1v) is 9.70. The molecule has 3 heteroatoms. The molecule has 26 heavy (non-hydrogen) atoms. The Balaban J connectivity index is 1.31. The summed E-state index contributed by atoms with van der Waals surface area (Å²) in [7, 11) is 0. The maximum Gasteiger partial charge on any atom is 0.306 e. The predicted octanol–water partition coefficient (Wildman–Crippen LogP) is 5.63. The van der Waals surface area contributed by atoms with Crippen LogP contribution in [0.3, 0.4) is 0 Å². The fraction of sp³-hybridized carbons (Fsp3) is 0.435. The van der Waals surface area contributed by atoms with Crippen LogP contribution in [0.25, 0.3) is 0 Å². The van der Waals surface area contributed by atoms with Crippen molar-refractivity contribution in [1.82, 2.24) is 0 Å². The van der Waals surface area contributed by atoms with Gasteiger partial charge in [0.05, 0.1) is 5.76 Å². The molecule has 0 aromatic heterocycles. The van der Waals surface area contributed by atoms with Gasteiger partial charge in [0.25, 0.3) is 0 Å². The van der Waals surface area contributed by atoms with Crippen LogP contribution in [0.5, 0.6) is 0 Å². The van der Waals surface area contributed by atoms with Crippen LogP contribution in [0.15, 0.2) is 65.5 Å². The van der Waals surface area contributed by atoms with Crippen molar-refractivity contribution in [3.05, 3.63) is 71.0 Å². The molecule has 0 atom stereocenters. The third-order valence-corrected chi connectivity index (χ3v) is 4.66. The number of rotatable bonds is 10. The second-order valence-electron chi connectivity index (χ2n) is 6.93. The molecule has 1 saturated carbocycles. The van der Waals surface area contributed by atoms with Gasteiger partial charge >= 0.3 is 5.97 Å². The number of esters is 1. The van der Waals surface area contributed by atoms with Gasteiger partial charge in [0.15, 0.2) is 0 Å². The van der Waals surface area contributed by atoms with E-state index >= 15 is 0 Å². The zero-order chi connectivity index (χ0) is 18.0. The summed E-state index contributed by atoms with van der Waals surface area (Å²) in [5.74, 6) is 1.04. The van der Waals surface area contributed by atoms with E-state index in [0.29, 0.717) is 19.6 Å². The number of benzene rings is 1. The highest BCUT2D eigenvalue weighted by molar-refractivity contribution is 5.69. The number of carbonyl (C=O) groups excluding carboxylic acids is 1. The van der Waals surface area contributed by atoms with Gasteiger partial charge in [-0.1, -0.05) is 48.6 Å². The van der Waals surface area contributed by atoms with Crippen molar-refractivity contribution in [2.24, 2.45) is 0 Å². The van der Waals surface area contributed by atoms with Crippen molar-refractivity contribution in [1.29, 1.82) is 0 Å². The van der Waals surface area contributed by atoms with E-state index in [1.165, 1.54) is 24.0 Å². The number of allylic oxidation sites excluding steroid dienone is 4. The van der Waals surface area contributed by atoms with E-state index in [4.69, 9.17) is 9.47 Å². The molecule has 2 aliphatic carbocycles. The van der Waals surface area contributed by atoms with Crippen LogP contribution in [0, 0.1) is 0 Å². The van der Waals surface area contributed by atoms with Gasteiger partial charge in [-0.25, -0.2) is 0 Å². The van der Waals surface area contributed by atoms with Gasteiger partial charge in [0.2, 0.25) is 0 Å². The number of ether oxygens (including phenoxy) is 2. The Kier molecular flexibility index (Phi) is 7.12. The van der Waals surface area contributed by atoms with E-state index in [9.17, 15) is 4.79 Å². The topological polar surface area (TPSA) is 35.5 Å². The molecule has 0 spiro atoms. The molecule has 0 radical (unpaired) electrons. The highest BCUT2D eigenvalue weighted by Crippen LogP contribution is 2.34. The minimum atomic E-state index is -0.118. The van der Waals surface area contributed by atoms with Crippen LogP contribution >= 0.6 is 0 Å². The second kappa shape index (κ2) is 10.0. The van der Waals surface area contributed by atoms with Crippen molar-refractivity contribution >= 4 is 5.97 Å². The third-order valence-electron chi connectivity index (χ3n) is 4.66. The fourth-order valence-electron chi connectivity index (χ4n) is 3.00. The highest BCUT2D eigenvalue weighted by Gasteiger charge is 2.19. The maximum atomic E-state index is 11.9. The molecule has 0 unspecified atom stereocenters. The largest absolute Gasteiger partial charge is 0.493 e. The SMILES string of the molecule is O=C(CCCCC(OCC1=CCCC=C1)=C1CC1)OCc1ccccc1. The molecule has 2 aliphatic rings. The first kappa shape index (κ1) is 18.5. The number of carbonyl (C=O) groups is 1. The first-order chi connectivity index (χ1) is 12.8. The summed E-state index contributed by atoms with van der Waals surface area (Å²) in [5, 5.41) is 0. The molecule has 0 amide bonds. The minimum absolute atomic E-state index is 0.118. The van der Waals surface area contributed by atoms with E-state index in [2.05, 4.69) is 18.2 Å². The van der Waals surface area contributed by atoms with Crippen LogP contribution in [0.2, 0.25) is 0 Å². The van der Waals surface area contributed by atoms with Crippen LogP contribution in [-0.4, -0.2) is 12.6 Å². The molecule has 1 fully saturated rings. The summed E-state index contributed by atoms with van der Waals surface area (Å²) in [6.07, 6.45) is 14.5. The maximum absolute atomic E-state index is 11.9. The van der Waals surface area contributed by atoms with E-state index in [1.54, 1.807) is 0 Å². The van der Waals surface area contributed by atoms with Crippen LogP contribution in [0.1, 0.15) is 56.9 Å². The third kappa shape index (κ3) is 6.55. The Bertz CT molecular complexity index is 677. The summed E-state index contributed by atoms with van der Waals surface area (Å²) in [5.41, 5.74) is 3.76. The van der Waals surface area contributed by atoms with Crippen molar-refractivity contribution in [3.8, 4) is 0 Å². The first-order valence-electron chi connectivity index (χ1n) is 9.70. The summed E-state index contributed by atoms with van der Waals surface area (Å²) in [4.78, 5) is 11.9. The van der Waals surface area contributed by atoms with Crippen molar-refractivity contribution in [3.63, 3.8) is 0 Å². The van der Waals surface area contributed by atoms with Crippen molar-refractivity contribution < 1.29 is 14.3 Å². The standard InChI is InChI=1S/C23H28O3/c24-23(26-18-20-11-5-2-6-12-20)14-8-7-13-22(21-15-16-21)25-17-19-9-3-1-4-10-19/h2-3,5-6,9-12H,1,4,7-8,13-18H2. The molecular weight excluding hydrogens is 324 g/mol. The van der Waals surface area contributed by atoms with E-state index in [-0.39, 0.29) is 5.97 Å². The molecule has 138 valence electrons. The quantitative estimate of drug-likeness (QED) is 0.311. The van der Waals surface area contributed by atoms with E-state index < -0.39 is 0 Å². The normalized spacial score (nSPS) is 15.4. The van der Waals surface area contributed by atoms with E-state index in [1.807, 2.05) is 30.3 Å². The molecule has 3 nitrogen and oxygen atoms in total. The Morgan fingerprint density at radius 2 is 1.73 bits per heavy atom. The summed E-state index contributed by atoms with van der Waals surface area (Å²) >= 11 is 0. The lowest BCUT2D eigenvalue weighted by molar-refractivity contribution is -0.145. The highest BCUT2D eigenvalue weighted by atomic mass is 16.5. The molecule has 1 aromatic carbocycles. The molecule has 0 N–H and O–H groups in total. The average Bonchev–Trinajstić information content (AvgIpc) is 3.52.